The summed E-state index contributed by atoms with van der Waals surface area (Å²) < 4.78 is 13.2. The lowest BCUT2D eigenvalue weighted by molar-refractivity contribution is -0.556. The van der Waals surface area contributed by atoms with Crippen molar-refractivity contribution in [2.45, 2.75) is 26.2 Å². The van der Waals surface area contributed by atoms with Crippen molar-refractivity contribution in [3.05, 3.63) is 157 Å². The van der Waals surface area contributed by atoms with Crippen LogP contribution in [0.4, 0.5) is 0 Å². The van der Waals surface area contributed by atoms with E-state index in [1.165, 1.54) is 10.9 Å². The predicted molar refractivity (Wildman–Crippen MR) is 202 cm³/mol. The highest BCUT2D eigenvalue weighted by Gasteiger charge is 2.21. The van der Waals surface area contributed by atoms with Gasteiger partial charge >= 0.3 is 0 Å². The van der Waals surface area contributed by atoms with Gasteiger partial charge in [-0.05, 0) is 70.1 Å². The summed E-state index contributed by atoms with van der Waals surface area (Å²) in [5.74, 6) is 2.34. The summed E-state index contributed by atoms with van der Waals surface area (Å²) in [5.41, 5.74) is 10.4. The van der Waals surface area contributed by atoms with Crippen LogP contribution in [0.3, 0.4) is 0 Å². The number of pyridine rings is 2. The van der Waals surface area contributed by atoms with Crippen molar-refractivity contribution in [1.29, 1.82) is 0 Å². The normalized spacial score (nSPS) is 14.1. The molecule has 0 saturated heterocycles. The van der Waals surface area contributed by atoms with Crippen molar-refractivity contribution in [2.75, 3.05) is 0 Å². The molecule has 0 atom stereocenters. The maximum absolute atomic E-state index is 7.01. The van der Waals surface area contributed by atoms with Gasteiger partial charge in [0.05, 0.1) is 22.7 Å². The van der Waals surface area contributed by atoms with E-state index >= 15 is 0 Å². The number of imidazole rings is 1. The third kappa shape index (κ3) is 4.91. The molecule has 1 aliphatic carbocycles. The fourth-order valence-electron chi connectivity index (χ4n) is 7.08. The molecule has 0 unspecified atom stereocenters. The van der Waals surface area contributed by atoms with Gasteiger partial charge in [0.25, 0.3) is 0 Å². The summed E-state index contributed by atoms with van der Waals surface area (Å²) in [6, 6.07) is 40.1. The van der Waals surface area contributed by atoms with Crippen LogP contribution in [-0.4, -0.2) is 19.1 Å². The van der Waals surface area contributed by atoms with E-state index in [-0.39, 0.29) is 5.41 Å². The van der Waals surface area contributed by atoms with Gasteiger partial charge in [-0.2, -0.15) is 4.98 Å². The van der Waals surface area contributed by atoms with Gasteiger partial charge in [0.2, 0.25) is 0 Å². The Hall–Kier alpha value is -6.27. The number of para-hydroxylation sites is 1. The van der Waals surface area contributed by atoms with E-state index in [2.05, 4.69) is 153 Å². The molecule has 0 aliphatic heterocycles. The molecule has 0 radical (unpaired) electrons. The minimum Gasteiger partial charge on any atom is -0.457 e. The van der Waals surface area contributed by atoms with E-state index < -0.39 is 0 Å². The Balaban J connectivity index is 1.25. The average molecular weight is 650 g/mol. The molecule has 8 aromatic rings. The van der Waals surface area contributed by atoms with Gasteiger partial charge in [-0.15, -0.1) is 0 Å². The SMILES string of the molecule is Cn1[c-][n+](/C2=C/c3ccccc3-c3ccccc3C(Oc3ccc4c5ccccc5n(-c5cc(C(C)(C)C)ccn5)c4c3)=C2)c2ncccc21. The smallest absolute Gasteiger partial charge is 0.183 e. The van der Waals surface area contributed by atoms with Crippen molar-refractivity contribution in [1.82, 2.24) is 19.1 Å². The number of nitrogens with zero attached hydrogens (tertiary/aromatic N) is 5. The highest BCUT2D eigenvalue weighted by atomic mass is 16.5. The fraction of sp³-hybridized carbons (Fsp3) is 0.114. The Morgan fingerprint density at radius 2 is 1.40 bits per heavy atom. The third-order valence-electron chi connectivity index (χ3n) is 9.59. The average Bonchev–Trinajstić information content (AvgIpc) is 3.64. The Kier molecular flexibility index (Phi) is 6.81. The van der Waals surface area contributed by atoms with E-state index in [4.69, 9.17) is 14.7 Å². The quantitative estimate of drug-likeness (QED) is 0.141. The van der Waals surface area contributed by atoms with Gasteiger partial charge in [0.1, 0.15) is 17.3 Å². The van der Waals surface area contributed by atoms with Crippen LogP contribution >= 0.6 is 0 Å². The number of ether oxygens (including phenoxy) is 1. The Bertz CT molecular complexity index is 2680. The third-order valence-corrected chi connectivity index (χ3v) is 9.59. The van der Waals surface area contributed by atoms with Crippen LogP contribution in [0.1, 0.15) is 37.5 Å². The van der Waals surface area contributed by atoms with E-state index in [0.717, 1.165) is 72.9 Å². The first-order valence-corrected chi connectivity index (χ1v) is 16.9. The van der Waals surface area contributed by atoms with Gasteiger partial charge in [-0.3, -0.25) is 4.57 Å². The van der Waals surface area contributed by atoms with Crippen molar-refractivity contribution in [2.24, 2.45) is 7.05 Å². The summed E-state index contributed by atoms with van der Waals surface area (Å²) in [6.45, 7) is 6.70. The zero-order chi connectivity index (χ0) is 34.0. The number of rotatable bonds is 4. The number of allylic oxidation sites excluding steroid dienone is 2. The molecule has 0 fully saturated rings. The van der Waals surface area contributed by atoms with Crippen LogP contribution in [0.2, 0.25) is 0 Å². The molecule has 9 rings (SSSR count). The molecule has 0 amide bonds. The van der Waals surface area contributed by atoms with Crippen LogP contribution in [0.5, 0.6) is 5.75 Å². The molecule has 0 spiro atoms. The van der Waals surface area contributed by atoms with Crippen LogP contribution < -0.4 is 9.30 Å². The molecule has 6 heteroatoms. The molecule has 50 heavy (non-hydrogen) atoms. The summed E-state index contributed by atoms with van der Waals surface area (Å²) in [6.07, 6.45) is 11.5. The molecule has 0 bridgehead atoms. The second-order valence-corrected chi connectivity index (χ2v) is 13.8. The molecule has 4 heterocycles. The molecular formula is C44H35N5O. The van der Waals surface area contributed by atoms with E-state index in [0.29, 0.717) is 0 Å². The minimum absolute atomic E-state index is 0.0122. The molecule has 0 saturated carbocycles. The van der Waals surface area contributed by atoms with Gasteiger partial charge in [0, 0.05) is 41.3 Å². The Morgan fingerprint density at radius 3 is 2.26 bits per heavy atom. The van der Waals surface area contributed by atoms with E-state index in [9.17, 15) is 0 Å². The highest BCUT2D eigenvalue weighted by molar-refractivity contribution is 6.09. The number of hydrogen-bond donors (Lipinski definition) is 0. The minimum atomic E-state index is -0.0122. The second-order valence-electron chi connectivity index (χ2n) is 13.8. The summed E-state index contributed by atoms with van der Waals surface area (Å²) in [4.78, 5) is 9.62. The molecule has 1 aliphatic rings. The van der Waals surface area contributed by atoms with Crippen molar-refractivity contribution in [3.8, 4) is 22.7 Å². The first kappa shape index (κ1) is 29.8. The van der Waals surface area contributed by atoms with E-state index in [1.807, 2.05) is 34.6 Å². The molecule has 4 aromatic heterocycles. The van der Waals surface area contributed by atoms with Crippen LogP contribution in [0.15, 0.2) is 134 Å². The van der Waals surface area contributed by atoms with Crippen LogP contribution in [0.25, 0.3) is 67.4 Å². The molecule has 6 nitrogen and oxygen atoms in total. The highest BCUT2D eigenvalue weighted by Crippen LogP contribution is 2.39. The maximum atomic E-state index is 7.01. The summed E-state index contributed by atoms with van der Waals surface area (Å²) >= 11 is 0. The van der Waals surface area contributed by atoms with Gasteiger partial charge < -0.3 is 13.9 Å². The van der Waals surface area contributed by atoms with Crippen molar-refractivity contribution < 1.29 is 9.30 Å². The summed E-state index contributed by atoms with van der Waals surface area (Å²) in [5, 5.41) is 2.31. The standard InChI is InChI=1S/C44H35N5O/c1-44(2,3)30-21-23-45-42(25-30)49-38-17-10-9-15-35(38)36-20-19-32(27-40(36)49)50-41-26-31(48-28-47(4)39-18-11-22-46-43(39)48)24-29-12-5-6-13-33(29)34-14-7-8-16-37(34)41/h5-27H,1-4H3/b29-24?,31-24+,31-26?,34-33?,41-26?,41-37?. The first-order valence-electron chi connectivity index (χ1n) is 16.9. The number of fused-ring (bicyclic) bond motifs is 7. The number of hydrogen-bond acceptors (Lipinski definition) is 3. The monoisotopic (exact) mass is 649 g/mol. The Labute approximate surface area is 290 Å². The van der Waals surface area contributed by atoms with Gasteiger partial charge in [-0.25, -0.2) is 4.98 Å². The lowest BCUT2D eigenvalue weighted by atomic mass is 9.88. The van der Waals surface area contributed by atoms with Crippen LogP contribution in [0, 0.1) is 6.33 Å². The first-order chi connectivity index (χ1) is 24.3. The molecule has 0 N–H and O–H groups in total. The van der Waals surface area contributed by atoms with E-state index in [1.54, 1.807) is 0 Å². The topological polar surface area (TPSA) is 48.8 Å². The molecule has 4 aromatic carbocycles. The van der Waals surface area contributed by atoms with Gasteiger partial charge in [-0.1, -0.05) is 99.6 Å². The predicted octanol–water partition coefficient (Wildman–Crippen LogP) is 9.55. The van der Waals surface area contributed by atoms with Gasteiger partial charge in [0.15, 0.2) is 12.0 Å². The number of benzene rings is 4. The Morgan fingerprint density at radius 1 is 0.660 bits per heavy atom. The fourth-order valence-corrected chi connectivity index (χ4v) is 7.08. The number of aryl methyl sites for hydroxylation is 1. The van der Waals surface area contributed by atoms with Crippen molar-refractivity contribution in [3.63, 3.8) is 0 Å². The molecule has 242 valence electrons. The molecular weight excluding hydrogens is 615 g/mol. The largest absolute Gasteiger partial charge is 0.457 e. The summed E-state index contributed by atoms with van der Waals surface area (Å²) in [7, 11) is 1.99. The van der Waals surface area contributed by atoms with Crippen molar-refractivity contribution >= 4 is 50.5 Å². The number of aromatic nitrogens is 5. The zero-order valence-corrected chi connectivity index (χ0v) is 28.4. The lowest BCUT2D eigenvalue weighted by Crippen LogP contribution is -2.31. The van der Waals surface area contributed by atoms with Crippen LogP contribution in [-0.2, 0) is 12.5 Å². The maximum Gasteiger partial charge on any atom is 0.183 e. The lowest BCUT2D eigenvalue weighted by Gasteiger charge is -2.21. The zero-order valence-electron chi connectivity index (χ0n) is 28.4. The second kappa shape index (κ2) is 11.4.